The van der Waals surface area contributed by atoms with Crippen LogP contribution in [0.1, 0.15) is 5.56 Å². The van der Waals surface area contributed by atoms with E-state index in [1.54, 1.807) is 6.20 Å². The lowest BCUT2D eigenvalue weighted by atomic mass is 10.0. The fourth-order valence-corrected chi connectivity index (χ4v) is 2.13. The minimum absolute atomic E-state index is 0.137. The first kappa shape index (κ1) is 10.1. The van der Waals surface area contributed by atoms with Crippen LogP contribution in [0.2, 0.25) is 0 Å². The van der Waals surface area contributed by atoms with E-state index >= 15 is 0 Å². The van der Waals surface area contributed by atoms with Crippen molar-refractivity contribution >= 4 is 15.9 Å². The SMILES string of the molecule is Brc1ccc(C2(Cn3ccnc3)CO2)cc1. The summed E-state index contributed by atoms with van der Waals surface area (Å²) in [4.78, 5) is 4.04. The number of imidazole rings is 1. The number of ether oxygens (including phenoxy) is 1. The number of aromatic nitrogens is 2. The molecule has 0 saturated carbocycles. The van der Waals surface area contributed by atoms with Crippen LogP contribution in [0.15, 0.2) is 47.5 Å². The van der Waals surface area contributed by atoms with Crippen LogP contribution in [0.3, 0.4) is 0 Å². The van der Waals surface area contributed by atoms with E-state index in [-0.39, 0.29) is 5.60 Å². The third-order valence-corrected chi connectivity index (χ3v) is 3.39. The highest BCUT2D eigenvalue weighted by Gasteiger charge is 2.46. The Hall–Kier alpha value is -1.13. The highest BCUT2D eigenvalue weighted by molar-refractivity contribution is 9.10. The Labute approximate surface area is 102 Å². The standard InChI is InChI=1S/C12H11BrN2O/c13-11-3-1-10(2-4-11)12(8-16-12)7-15-6-5-14-9-15/h1-6,9H,7-8H2. The molecule has 1 aromatic heterocycles. The van der Waals surface area contributed by atoms with Gasteiger partial charge in [-0.25, -0.2) is 4.98 Å². The number of hydrogen-bond donors (Lipinski definition) is 0. The number of rotatable bonds is 3. The average molecular weight is 279 g/mol. The van der Waals surface area contributed by atoms with Gasteiger partial charge in [-0.05, 0) is 17.7 Å². The van der Waals surface area contributed by atoms with Gasteiger partial charge in [0.1, 0.15) is 5.60 Å². The monoisotopic (exact) mass is 278 g/mol. The molecule has 3 rings (SSSR count). The van der Waals surface area contributed by atoms with Crippen molar-refractivity contribution in [2.75, 3.05) is 6.61 Å². The third-order valence-electron chi connectivity index (χ3n) is 2.86. The van der Waals surface area contributed by atoms with E-state index in [0.717, 1.165) is 17.6 Å². The minimum atomic E-state index is -0.137. The van der Waals surface area contributed by atoms with Crippen molar-refractivity contribution in [1.29, 1.82) is 0 Å². The van der Waals surface area contributed by atoms with Crippen LogP contribution in [0.5, 0.6) is 0 Å². The van der Waals surface area contributed by atoms with Crippen LogP contribution in [0, 0.1) is 0 Å². The maximum atomic E-state index is 5.63. The van der Waals surface area contributed by atoms with E-state index in [2.05, 4.69) is 37.6 Å². The molecule has 0 bridgehead atoms. The maximum Gasteiger partial charge on any atom is 0.134 e. The molecule has 1 aliphatic rings. The van der Waals surface area contributed by atoms with Gasteiger partial charge in [0.05, 0.1) is 19.5 Å². The van der Waals surface area contributed by atoms with Crippen molar-refractivity contribution in [1.82, 2.24) is 9.55 Å². The quantitative estimate of drug-likeness (QED) is 0.808. The summed E-state index contributed by atoms with van der Waals surface area (Å²) >= 11 is 3.44. The molecule has 0 aliphatic carbocycles. The molecule has 3 nitrogen and oxygen atoms in total. The van der Waals surface area contributed by atoms with Gasteiger partial charge in [-0.1, -0.05) is 28.1 Å². The number of halogens is 1. The molecule has 0 amide bonds. The van der Waals surface area contributed by atoms with Crippen LogP contribution in [-0.4, -0.2) is 16.2 Å². The third kappa shape index (κ3) is 1.79. The Morgan fingerprint density at radius 2 is 2.12 bits per heavy atom. The number of epoxide rings is 1. The van der Waals surface area contributed by atoms with Gasteiger partial charge in [-0.15, -0.1) is 0 Å². The zero-order chi connectivity index (χ0) is 11.0. The Morgan fingerprint density at radius 3 is 2.69 bits per heavy atom. The van der Waals surface area contributed by atoms with Gasteiger partial charge in [-0.2, -0.15) is 0 Å². The van der Waals surface area contributed by atoms with Crippen LogP contribution in [-0.2, 0) is 16.9 Å². The highest BCUT2D eigenvalue weighted by atomic mass is 79.9. The first-order valence-electron chi connectivity index (χ1n) is 5.14. The molecule has 82 valence electrons. The molecule has 2 heterocycles. The molecule has 1 unspecified atom stereocenters. The highest BCUT2D eigenvalue weighted by Crippen LogP contribution is 2.40. The molecule has 0 N–H and O–H groups in total. The van der Waals surface area contributed by atoms with Crippen molar-refractivity contribution in [2.24, 2.45) is 0 Å². The summed E-state index contributed by atoms with van der Waals surface area (Å²) in [6.45, 7) is 1.61. The largest absolute Gasteiger partial charge is 0.363 e. The number of nitrogens with zero attached hydrogens (tertiary/aromatic N) is 2. The van der Waals surface area contributed by atoms with Gasteiger partial charge in [0, 0.05) is 16.9 Å². The number of hydrogen-bond acceptors (Lipinski definition) is 2. The Kier molecular flexibility index (Phi) is 2.33. The lowest BCUT2D eigenvalue weighted by Crippen LogP contribution is -2.16. The van der Waals surface area contributed by atoms with E-state index in [1.807, 2.05) is 24.7 Å². The molecule has 2 aromatic rings. The topological polar surface area (TPSA) is 30.4 Å². The molecule has 1 aliphatic heterocycles. The molecule has 1 saturated heterocycles. The normalized spacial score (nSPS) is 23.3. The smallest absolute Gasteiger partial charge is 0.134 e. The van der Waals surface area contributed by atoms with Gasteiger partial charge in [0.2, 0.25) is 0 Å². The van der Waals surface area contributed by atoms with Crippen LogP contribution >= 0.6 is 15.9 Å². The fraction of sp³-hybridized carbons (Fsp3) is 0.250. The van der Waals surface area contributed by atoms with Gasteiger partial charge >= 0.3 is 0 Å². The molecule has 1 aromatic carbocycles. The minimum Gasteiger partial charge on any atom is -0.363 e. The maximum absolute atomic E-state index is 5.63. The summed E-state index contributed by atoms with van der Waals surface area (Å²) in [6, 6.07) is 8.31. The molecule has 4 heteroatoms. The van der Waals surface area contributed by atoms with Crippen LogP contribution in [0.25, 0.3) is 0 Å². The van der Waals surface area contributed by atoms with Gasteiger partial charge in [0.15, 0.2) is 0 Å². The van der Waals surface area contributed by atoms with E-state index in [4.69, 9.17) is 4.74 Å². The molecular weight excluding hydrogens is 268 g/mol. The lowest BCUT2D eigenvalue weighted by molar-refractivity contribution is 0.277. The predicted molar refractivity (Wildman–Crippen MR) is 64.0 cm³/mol. The molecule has 0 radical (unpaired) electrons. The first-order valence-corrected chi connectivity index (χ1v) is 5.94. The van der Waals surface area contributed by atoms with E-state index in [1.165, 1.54) is 5.56 Å². The Balaban J connectivity index is 1.86. The van der Waals surface area contributed by atoms with E-state index in [9.17, 15) is 0 Å². The van der Waals surface area contributed by atoms with Crippen molar-refractivity contribution in [3.05, 3.63) is 53.0 Å². The second kappa shape index (κ2) is 3.71. The summed E-state index contributed by atoms with van der Waals surface area (Å²) in [6.07, 6.45) is 5.57. The zero-order valence-corrected chi connectivity index (χ0v) is 10.2. The zero-order valence-electron chi connectivity index (χ0n) is 8.64. The second-order valence-electron chi connectivity index (χ2n) is 4.02. The van der Waals surface area contributed by atoms with Crippen molar-refractivity contribution in [3.8, 4) is 0 Å². The molecule has 1 atom stereocenters. The average Bonchev–Trinajstić information content (AvgIpc) is 2.88. The van der Waals surface area contributed by atoms with Crippen molar-refractivity contribution < 1.29 is 4.74 Å². The summed E-state index contributed by atoms with van der Waals surface area (Å²) in [7, 11) is 0. The Bertz CT molecular complexity index is 474. The summed E-state index contributed by atoms with van der Waals surface area (Å²) in [5.41, 5.74) is 1.09. The molecular formula is C12H11BrN2O. The lowest BCUT2D eigenvalue weighted by Gasteiger charge is -2.12. The fourth-order valence-electron chi connectivity index (χ4n) is 1.87. The van der Waals surface area contributed by atoms with Crippen LogP contribution < -0.4 is 0 Å². The van der Waals surface area contributed by atoms with E-state index in [0.29, 0.717) is 0 Å². The van der Waals surface area contributed by atoms with Crippen molar-refractivity contribution in [3.63, 3.8) is 0 Å². The molecule has 1 fully saturated rings. The summed E-state index contributed by atoms with van der Waals surface area (Å²) in [5.74, 6) is 0. The van der Waals surface area contributed by atoms with Gasteiger partial charge < -0.3 is 9.30 Å². The molecule has 0 spiro atoms. The molecule has 16 heavy (non-hydrogen) atoms. The predicted octanol–water partition coefficient (Wildman–Crippen LogP) is 2.57. The summed E-state index contributed by atoms with van der Waals surface area (Å²) < 4.78 is 8.77. The van der Waals surface area contributed by atoms with Crippen molar-refractivity contribution in [2.45, 2.75) is 12.1 Å². The Morgan fingerprint density at radius 1 is 1.38 bits per heavy atom. The first-order chi connectivity index (χ1) is 7.78. The summed E-state index contributed by atoms with van der Waals surface area (Å²) in [5, 5.41) is 0. The van der Waals surface area contributed by atoms with E-state index < -0.39 is 0 Å². The van der Waals surface area contributed by atoms with Gasteiger partial charge in [-0.3, -0.25) is 0 Å². The number of benzene rings is 1. The van der Waals surface area contributed by atoms with Crippen LogP contribution in [0.4, 0.5) is 0 Å². The second-order valence-corrected chi connectivity index (χ2v) is 4.94. The van der Waals surface area contributed by atoms with Gasteiger partial charge in [0.25, 0.3) is 0 Å².